The van der Waals surface area contributed by atoms with Crippen LogP contribution in [0.3, 0.4) is 0 Å². The third-order valence-corrected chi connectivity index (χ3v) is 3.93. The van der Waals surface area contributed by atoms with E-state index in [4.69, 9.17) is 0 Å². The quantitative estimate of drug-likeness (QED) is 0.134. The molecule has 0 rings (SSSR count). The Labute approximate surface area is 167 Å². The van der Waals surface area contributed by atoms with E-state index in [-0.39, 0.29) is 5.75 Å². The molecule has 0 bridgehead atoms. The van der Waals surface area contributed by atoms with E-state index in [0.717, 1.165) is 18.9 Å². The van der Waals surface area contributed by atoms with Crippen molar-refractivity contribution >= 4 is 35.4 Å². The number of Topliss-reactive ketones (excluding diaryl/α,β-unsaturated/α-hetero) is 1. The predicted octanol–water partition coefficient (Wildman–Crippen LogP) is -1.46. The Morgan fingerprint density at radius 2 is 1.59 bits per heavy atom. The Bertz CT molecular complexity index is 610. The van der Waals surface area contributed by atoms with E-state index in [1.165, 1.54) is 6.92 Å². The molecule has 0 spiro atoms. The molecule has 29 heavy (non-hydrogen) atoms. The van der Waals surface area contributed by atoms with Gasteiger partial charge in [0.05, 0.1) is 19.5 Å². The lowest BCUT2D eigenvalue weighted by Crippen LogP contribution is -2.42. The van der Waals surface area contributed by atoms with Gasteiger partial charge in [-0.3, -0.25) is 9.59 Å². The molecule has 0 aromatic rings. The van der Waals surface area contributed by atoms with Gasteiger partial charge in [0.2, 0.25) is 11.7 Å². The minimum Gasteiger partial charge on any atom is -0.467 e. The average molecular weight is 441 g/mol. The van der Waals surface area contributed by atoms with Crippen molar-refractivity contribution in [3.05, 3.63) is 20.2 Å². The van der Waals surface area contributed by atoms with Gasteiger partial charge in [-0.05, 0) is 0 Å². The smallest absolute Gasteiger partial charge is 0.375 e. The number of ketones is 1. The molecular weight excluding hydrogens is 422 g/mol. The van der Waals surface area contributed by atoms with Crippen molar-refractivity contribution in [3.8, 4) is 0 Å². The number of carbonyl (C=O) groups is 4. The number of nitrogens with zero attached hydrogens (tertiary/aromatic N) is 2. The zero-order valence-electron chi connectivity index (χ0n) is 15.4. The van der Waals surface area contributed by atoms with Crippen molar-refractivity contribution < 1.29 is 48.5 Å². The molecule has 0 unspecified atom stereocenters. The van der Waals surface area contributed by atoms with Crippen LogP contribution in [-0.4, -0.2) is 78.3 Å². The van der Waals surface area contributed by atoms with Crippen molar-refractivity contribution in [3.63, 3.8) is 0 Å². The van der Waals surface area contributed by atoms with Crippen LogP contribution in [0.5, 0.6) is 0 Å². The van der Waals surface area contributed by atoms with E-state index < -0.39 is 71.3 Å². The Morgan fingerprint density at radius 1 is 1.03 bits per heavy atom. The van der Waals surface area contributed by atoms with Gasteiger partial charge in [0.1, 0.15) is 19.3 Å². The van der Waals surface area contributed by atoms with Gasteiger partial charge in [0.15, 0.2) is 0 Å². The first kappa shape index (κ1) is 25.8. The summed E-state index contributed by atoms with van der Waals surface area (Å²) in [6.07, 6.45) is 0. The van der Waals surface area contributed by atoms with Crippen molar-refractivity contribution in [2.75, 3.05) is 38.4 Å². The molecule has 0 radical (unpaired) electrons. The number of nitrogens with one attached hydrogen (secondary N) is 1. The molecule has 0 aliphatic carbocycles. The van der Waals surface area contributed by atoms with Gasteiger partial charge in [-0.2, -0.15) is 11.8 Å². The van der Waals surface area contributed by atoms with E-state index in [9.17, 15) is 39.4 Å². The second kappa shape index (κ2) is 13.9. The first-order chi connectivity index (χ1) is 13.6. The monoisotopic (exact) mass is 441 g/mol. The molecule has 0 heterocycles. The summed E-state index contributed by atoms with van der Waals surface area (Å²) in [5.41, 5.74) is 0. The number of rotatable bonds is 15. The minimum atomic E-state index is -1.29. The van der Waals surface area contributed by atoms with Crippen molar-refractivity contribution in [2.45, 2.75) is 13.0 Å². The highest BCUT2D eigenvalue weighted by Gasteiger charge is 2.23. The molecule has 16 heteroatoms. The molecule has 0 aromatic carbocycles. The zero-order valence-corrected chi connectivity index (χ0v) is 16.2. The molecular formula is C13H19N3O12S. The molecule has 0 fully saturated rings. The van der Waals surface area contributed by atoms with Gasteiger partial charge in [-0.15, -0.1) is 20.2 Å². The topological polar surface area (TPSA) is 204 Å². The maximum Gasteiger partial charge on any atom is 0.375 e. The van der Waals surface area contributed by atoms with E-state index >= 15 is 0 Å². The summed E-state index contributed by atoms with van der Waals surface area (Å²) in [5, 5.41) is 20.4. The first-order valence-electron chi connectivity index (χ1n) is 7.74. The number of hydrogen-bond donors (Lipinski definition) is 1. The van der Waals surface area contributed by atoms with Crippen LogP contribution >= 0.6 is 11.8 Å². The largest absolute Gasteiger partial charge is 0.467 e. The standard InChI is InChI=1S/C13H19N3O12S/c1-8(17)14-10(12(19)25-2)6-29-7-11(18)13(20)26-3-9(4-27-15(21)22)5-28-16(23)24/h9-10H,3-7H2,1-2H3,(H,14,17)/t10-/m0/s1. The molecule has 0 saturated heterocycles. The lowest BCUT2D eigenvalue weighted by Gasteiger charge is -2.15. The Kier molecular flexibility index (Phi) is 12.4. The summed E-state index contributed by atoms with van der Waals surface area (Å²) in [4.78, 5) is 74.4. The number of ether oxygens (including phenoxy) is 2. The van der Waals surface area contributed by atoms with E-state index in [2.05, 4.69) is 24.5 Å². The van der Waals surface area contributed by atoms with Crippen molar-refractivity contribution in [1.29, 1.82) is 0 Å². The maximum atomic E-state index is 11.8. The molecule has 164 valence electrons. The number of thioether (sulfide) groups is 1. The Morgan fingerprint density at radius 3 is 2.03 bits per heavy atom. The minimum absolute atomic E-state index is 0.0543. The second-order valence-corrected chi connectivity index (χ2v) is 6.25. The molecule has 15 nitrogen and oxygen atoms in total. The van der Waals surface area contributed by atoms with E-state index in [1.54, 1.807) is 0 Å². The summed E-state index contributed by atoms with van der Waals surface area (Å²) in [5.74, 6) is -5.04. The molecule has 1 N–H and O–H groups in total. The highest BCUT2D eigenvalue weighted by atomic mass is 32.2. The fourth-order valence-electron chi connectivity index (χ4n) is 1.64. The lowest BCUT2D eigenvalue weighted by atomic mass is 10.2. The third kappa shape index (κ3) is 12.8. The summed E-state index contributed by atoms with van der Waals surface area (Å²) in [6, 6.07) is -1.02. The third-order valence-electron chi connectivity index (χ3n) is 2.89. The van der Waals surface area contributed by atoms with Crippen molar-refractivity contribution in [2.24, 2.45) is 5.92 Å². The van der Waals surface area contributed by atoms with Gasteiger partial charge in [0.25, 0.3) is 10.2 Å². The van der Waals surface area contributed by atoms with Gasteiger partial charge in [-0.25, -0.2) is 9.59 Å². The molecule has 0 aromatic heterocycles. The van der Waals surface area contributed by atoms with Crippen LogP contribution in [0.4, 0.5) is 0 Å². The highest BCUT2D eigenvalue weighted by Crippen LogP contribution is 2.07. The molecule has 0 aliphatic rings. The molecule has 1 amide bonds. The lowest BCUT2D eigenvalue weighted by molar-refractivity contribution is -0.768. The molecule has 0 aliphatic heterocycles. The highest BCUT2D eigenvalue weighted by molar-refractivity contribution is 8.00. The Balaban J connectivity index is 4.48. The van der Waals surface area contributed by atoms with Crippen LogP contribution in [-0.2, 0) is 38.3 Å². The van der Waals surface area contributed by atoms with Crippen LogP contribution in [0.25, 0.3) is 0 Å². The normalized spacial score (nSPS) is 11.1. The number of hydrogen-bond acceptors (Lipinski definition) is 13. The Hall–Kier alpha value is -3.17. The summed E-state index contributed by atoms with van der Waals surface area (Å²) < 4.78 is 9.15. The fraction of sp³-hybridized carbons (Fsp3) is 0.692. The van der Waals surface area contributed by atoms with Gasteiger partial charge in [-0.1, -0.05) is 0 Å². The second-order valence-electron chi connectivity index (χ2n) is 5.22. The maximum absolute atomic E-state index is 11.8. The van der Waals surface area contributed by atoms with Crippen LogP contribution in [0.1, 0.15) is 6.92 Å². The first-order valence-corrected chi connectivity index (χ1v) is 8.89. The van der Waals surface area contributed by atoms with E-state index in [0.29, 0.717) is 0 Å². The molecule has 1 atom stereocenters. The number of methoxy groups -OCH3 is 1. The summed E-state index contributed by atoms with van der Waals surface area (Å²) in [7, 11) is 1.12. The van der Waals surface area contributed by atoms with Crippen LogP contribution in [0.15, 0.2) is 0 Å². The van der Waals surface area contributed by atoms with Crippen LogP contribution < -0.4 is 5.32 Å². The SMILES string of the molecule is COC(=O)[C@H](CSCC(=O)C(=O)OCC(CO[N+](=O)[O-])CO[N+](=O)[O-])NC(C)=O. The van der Waals surface area contributed by atoms with Crippen molar-refractivity contribution in [1.82, 2.24) is 5.32 Å². The van der Waals surface area contributed by atoms with Gasteiger partial charge >= 0.3 is 11.9 Å². The summed E-state index contributed by atoms with van der Waals surface area (Å²) in [6.45, 7) is -0.735. The fourth-order valence-corrected chi connectivity index (χ4v) is 2.51. The zero-order chi connectivity index (χ0) is 22.4. The summed E-state index contributed by atoms with van der Waals surface area (Å²) >= 11 is 0.852. The number of esters is 2. The van der Waals surface area contributed by atoms with Crippen LogP contribution in [0, 0.1) is 26.1 Å². The average Bonchev–Trinajstić information content (AvgIpc) is 2.64. The predicted molar refractivity (Wildman–Crippen MR) is 92.3 cm³/mol. The number of amides is 1. The van der Waals surface area contributed by atoms with Gasteiger partial charge < -0.3 is 24.5 Å². The van der Waals surface area contributed by atoms with Gasteiger partial charge in [0, 0.05) is 18.6 Å². The van der Waals surface area contributed by atoms with E-state index in [1.807, 2.05) is 0 Å². The molecule has 0 saturated carbocycles. The van der Waals surface area contributed by atoms with Crippen LogP contribution in [0.2, 0.25) is 0 Å². The number of carbonyl (C=O) groups excluding carboxylic acids is 4.